The van der Waals surface area contributed by atoms with Crippen LogP contribution in [-0.4, -0.2) is 12.4 Å². The summed E-state index contributed by atoms with van der Waals surface area (Å²) in [6.07, 6.45) is 1.68. The molecule has 0 radical (unpaired) electrons. The molecule has 1 rings (SSSR count). The highest BCUT2D eigenvalue weighted by molar-refractivity contribution is 5.94. The molecule has 0 heterocycles. The Hall–Kier alpha value is -1.48. The van der Waals surface area contributed by atoms with Gasteiger partial charge in [-0.1, -0.05) is 12.7 Å². The van der Waals surface area contributed by atoms with Gasteiger partial charge >= 0.3 is 0 Å². The van der Waals surface area contributed by atoms with Crippen LogP contribution in [-0.2, 0) is 0 Å². The summed E-state index contributed by atoms with van der Waals surface area (Å²) >= 11 is 0. The summed E-state index contributed by atoms with van der Waals surface area (Å²) in [4.78, 5) is 0. The standard InChI is InChI=1S/C10H12N2O.ClH/c1-2-7-13-9-5-3-8(4-6-9)10(11)12;/h2-6H,1,7H2,(H3,11,12);1H. The van der Waals surface area contributed by atoms with E-state index in [9.17, 15) is 0 Å². The Morgan fingerprint density at radius 1 is 1.43 bits per heavy atom. The number of nitrogens with two attached hydrogens (primary N) is 1. The van der Waals surface area contributed by atoms with Crippen LogP contribution >= 0.6 is 12.4 Å². The molecule has 0 saturated heterocycles. The number of ether oxygens (including phenoxy) is 1. The first-order valence-electron chi connectivity index (χ1n) is 3.92. The van der Waals surface area contributed by atoms with E-state index in [0.29, 0.717) is 12.2 Å². The van der Waals surface area contributed by atoms with Crippen molar-refractivity contribution in [2.75, 3.05) is 6.61 Å². The van der Waals surface area contributed by atoms with E-state index in [0.717, 1.165) is 5.75 Å². The molecule has 1 aromatic carbocycles. The molecule has 14 heavy (non-hydrogen) atoms. The SMILES string of the molecule is C=CCOc1ccc(C(=N)N)cc1.Cl. The average Bonchev–Trinajstić information content (AvgIpc) is 2.15. The third-order valence-electron chi connectivity index (χ3n) is 1.53. The van der Waals surface area contributed by atoms with Crippen molar-refractivity contribution in [3.05, 3.63) is 42.5 Å². The Morgan fingerprint density at radius 3 is 2.43 bits per heavy atom. The molecule has 4 heteroatoms. The number of halogens is 1. The van der Waals surface area contributed by atoms with E-state index in [2.05, 4.69) is 6.58 Å². The van der Waals surface area contributed by atoms with Crippen LogP contribution in [0.1, 0.15) is 5.56 Å². The fraction of sp³-hybridized carbons (Fsp3) is 0.100. The van der Waals surface area contributed by atoms with E-state index in [1.807, 2.05) is 0 Å². The topological polar surface area (TPSA) is 59.1 Å². The van der Waals surface area contributed by atoms with Crippen LogP contribution in [0.4, 0.5) is 0 Å². The molecule has 0 aromatic heterocycles. The highest BCUT2D eigenvalue weighted by atomic mass is 35.5. The van der Waals surface area contributed by atoms with Gasteiger partial charge in [0.2, 0.25) is 0 Å². The van der Waals surface area contributed by atoms with Crippen molar-refractivity contribution in [3.8, 4) is 5.75 Å². The second-order valence-corrected chi connectivity index (χ2v) is 2.54. The summed E-state index contributed by atoms with van der Waals surface area (Å²) < 4.78 is 5.26. The first-order valence-corrected chi connectivity index (χ1v) is 3.92. The molecule has 0 aliphatic rings. The Kier molecular flexibility index (Phi) is 5.41. The molecule has 1 aromatic rings. The molecule has 0 amide bonds. The zero-order valence-electron chi connectivity index (χ0n) is 7.69. The second kappa shape index (κ2) is 6.05. The van der Waals surface area contributed by atoms with Crippen LogP contribution in [0.15, 0.2) is 36.9 Å². The summed E-state index contributed by atoms with van der Waals surface area (Å²) in [5, 5.41) is 7.16. The first kappa shape index (κ1) is 12.5. The fourth-order valence-corrected chi connectivity index (χ4v) is 0.886. The van der Waals surface area contributed by atoms with Gasteiger partial charge in [0.25, 0.3) is 0 Å². The monoisotopic (exact) mass is 212 g/mol. The predicted octanol–water partition coefficient (Wildman–Crippen LogP) is 1.96. The number of hydrogen-bond donors (Lipinski definition) is 2. The van der Waals surface area contributed by atoms with Crippen molar-refractivity contribution >= 4 is 18.2 Å². The van der Waals surface area contributed by atoms with E-state index in [1.54, 1.807) is 30.3 Å². The quantitative estimate of drug-likeness (QED) is 0.455. The van der Waals surface area contributed by atoms with Crippen molar-refractivity contribution in [1.82, 2.24) is 0 Å². The van der Waals surface area contributed by atoms with Crippen molar-refractivity contribution in [2.45, 2.75) is 0 Å². The smallest absolute Gasteiger partial charge is 0.122 e. The van der Waals surface area contributed by atoms with E-state index >= 15 is 0 Å². The lowest BCUT2D eigenvalue weighted by Crippen LogP contribution is -2.10. The molecule has 3 nitrogen and oxygen atoms in total. The predicted molar refractivity (Wildman–Crippen MR) is 60.4 cm³/mol. The normalized spacial score (nSPS) is 8.57. The highest BCUT2D eigenvalue weighted by Crippen LogP contribution is 2.11. The third kappa shape index (κ3) is 3.49. The molecular formula is C10H13ClN2O. The van der Waals surface area contributed by atoms with Crippen LogP contribution < -0.4 is 10.5 Å². The number of benzene rings is 1. The molecule has 0 fully saturated rings. The van der Waals surface area contributed by atoms with Crippen LogP contribution in [0, 0.1) is 5.41 Å². The minimum absolute atomic E-state index is 0. The fourth-order valence-electron chi connectivity index (χ4n) is 0.886. The Morgan fingerprint density at radius 2 is 2.00 bits per heavy atom. The molecule has 0 unspecified atom stereocenters. The highest BCUT2D eigenvalue weighted by Gasteiger charge is 1.96. The number of nitrogen functional groups attached to an aromatic ring is 1. The summed E-state index contributed by atoms with van der Waals surface area (Å²) in [6, 6.07) is 7.06. The van der Waals surface area contributed by atoms with Crippen molar-refractivity contribution in [3.63, 3.8) is 0 Å². The zero-order chi connectivity index (χ0) is 9.68. The maximum Gasteiger partial charge on any atom is 0.122 e. The van der Waals surface area contributed by atoms with Crippen LogP contribution in [0.5, 0.6) is 5.75 Å². The molecule has 3 N–H and O–H groups in total. The van der Waals surface area contributed by atoms with E-state index in [-0.39, 0.29) is 18.2 Å². The van der Waals surface area contributed by atoms with Gasteiger partial charge in [0.15, 0.2) is 0 Å². The van der Waals surface area contributed by atoms with Gasteiger partial charge in [0, 0.05) is 5.56 Å². The van der Waals surface area contributed by atoms with Gasteiger partial charge in [-0.25, -0.2) is 0 Å². The summed E-state index contributed by atoms with van der Waals surface area (Å²) in [5.41, 5.74) is 5.99. The Labute approximate surface area is 89.5 Å². The van der Waals surface area contributed by atoms with Gasteiger partial charge in [-0.15, -0.1) is 12.4 Å². The largest absolute Gasteiger partial charge is 0.490 e. The van der Waals surface area contributed by atoms with Crippen molar-refractivity contribution < 1.29 is 4.74 Å². The first-order chi connectivity index (χ1) is 6.24. The molecule has 0 saturated carbocycles. The number of nitrogens with one attached hydrogen (secondary N) is 1. The van der Waals surface area contributed by atoms with E-state index in [4.69, 9.17) is 15.9 Å². The molecule has 0 aliphatic carbocycles. The number of hydrogen-bond acceptors (Lipinski definition) is 2. The second-order valence-electron chi connectivity index (χ2n) is 2.54. The van der Waals surface area contributed by atoms with Crippen LogP contribution in [0.2, 0.25) is 0 Å². The maximum atomic E-state index is 7.16. The minimum atomic E-state index is 0. The Bertz CT molecular complexity index is 308. The summed E-state index contributed by atoms with van der Waals surface area (Å²) in [6.45, 7) is 4.03. The lowest BCUT2D eigenvalue weighted by Gasteiger charge is -2.03. The van der Waals surface area contributed by atoms with Gasteiger partial charge in [-0.3, -0.25) is 5.41 Å². The van der Waals surface area contributed by atoms with Gasteiger partial charge in [0.1, 0.15) is 18.2 Å². The van der Waals surface area contributed by atoms with Gasteiger partial charge in [-0.05, 0) is 24.3 Å². The number of amidine groups is 1. The van der Waals surface area contributed by atoms with Gasteiger partial charge in [-0.2, -0.15) is 0 Å². The van der Waals surface area contributed by atoms with E-state index < -0.39 is 0 Å². The Balaban J connectivity index is 0.00000169. The molecular weight excluding hydrogens is 200 g/mol. The maximum absolute atomic E-state index is 7.16. The van der Waals surface area contributed by atoms with Gasteiger partial charge in [0.05, 0.1) is 0 Å². The minimum Gasteiger partial charge on any atom is -0.490 e. The summed E-state index contributed by atoms with van der Waals surface area (Å²) in [5.74, 6) is 0.820. The molecule has 0 bridgehead atoms. The van der Waals surface area contributed by atoms with Crippen molar-refractivity contribution in [1.29, 1.82) is 5.41 Å². The average molecular weight is 213 g/mol. The van der Waals surface area contributed by atoms with Crippen LogP contribution in [0.25, 0.3) is 0 Å². The van der Waals surface area contributed by atoms with E-state index in [1.165, 1.54) is 0 Å². The summed E-state index contributed by atoms with van der Waals surface area (Å²) in [7, 11) is 0. The molecule has 0 atom stereocenters. The molecule has 0 spiro atoms. The van der Waals surface area contributed by atoms with Crippen molar-refractivity contribution in [2.24, 2.45) is 5.73 Å². The van der Waals surface area contributed by atoms with Gasteiger partial charge < -0.3 is 10.5 Å². The zero-order valence-corrected chi connectivity index (χ0v) is 8.51. The molecule has 0 aliphatic heterocycles. The lowest BCUT2D eigenvalue weighted by atomic mass is 10.2. The lowest BCUT2D eigenvalue weighted by molar-refractivity contribution is 0.363. The third-order valence-corrected chi connectivity index (χ3v) is 1.53. The van der Waals surface area contributed by atoms with Crippen LogP contribution in [0.3, 0.4) is 0 Å². The number of rotatable bonds is 4. The molecule has 76 valence electrons.